The van der Waals surface area contributed by atoms with Gasteiger partial charge >= 0.3 is 6.18 Å². The number of benzene rings is 1. The minimum Gasteiger partial charge on any atom is -0.314 e. The standard InChI is InChI=1S/C17H24F4N2/c1-2-3-4-5-16(23-10-8-22-9-11-23)14-12-13(18)6-7-15(14)17(19,20)21/h6-7,12,16,22H,2-5,8-11H2,1H3/t16-/m0/s1. The van der Waals surface area contributed by atoms with Crippen molar-refractivity contribution in [1.82, 2.24) is 10.2 Å². The first-order chi connectivity index (χ1) is 10.9. The van der Waals surface area contributed by atoms with Gasteiger partial charge in [0.1, 0.15) is 5.82 Å². The van der Waals surface area contributed by atoms with Crippen LogP contribution in [0.15, 0.2) is 18.2 Å². The summed E-state index contributed by atoms with van der Waals surface area (Å²) in [6.07, 6.45) is -1.01. The second-order valence-corrected chi connectivity index (χ2v) is 6.03. The Bertz CT molecular complexity index is 496. The smallest absolute Gasteiger partial charge is 0.314 e. The molecule has 1 heterocycles. The fourth-order valence-corrected chi connectivity index (χ4v) is 3.18. The largest absolute Gasteiger partial charge is 0.416 e. The van der Waals surface area contributed by atoms with E-state index in [1.165, 1.54) is 0 Å². The maximum absolute atomic E-state index is 13.7. The van der Waals surface area contributed by atoms with Gasteiger partial charge in [0.25, 0.3) is 0 Å². The molecule has 1 saturated heterocycles. The Hall–Kier alpha value is -1.14. The van der Waals surface area contributed by atoms with Crippen LogP contribution in [0.3, 0.4) is 0 Å². The third kappa shape index (κ3) is 4.91. The molecule has 0 amide bonds. The highest BCUT2D eigenvalue weighted by atomic mass is 19.4. The van der Waals surface area contributed by atoms with Crippen LogP contribution in [-0.2, 0) is 6.18 Å². The molecule has 1 aromatic rings. The predicted molar refractivity (Wildman–Crippen MR) is 82.7 cm³/mol. The summed E-state index contributed by atoms with van der Waals surface area (Å²) in [5, 5.41) is 3.21. The molecule has 1 N–H and O–H groups in total. The quantitative estimate of drug-likeness (QED) is 0.615. The van der Waals surface area contributed by atoms with Gasteiger partial charge in [-0.15, -0.1) is 0 Å². The maximum atomic E-state index is 13.7. The van der Waals surface area contributed by atoms with E-state index in [-0.39, 0.29) is 11.6 Å². The van der Waals surface area contributed by atoms with Crippen molar-refractivity contribution >= 4 is 0 Å². The van der Waals surface area contributed by atoms with E-state index in [1.54, 1.807) is 0 Å². The molecule has 2 rings (SSSR count). The normalized spacial score (nSPS) is 18.1. The highest BCUT2D eigenvalue weighted by molar-refractivity contribution is 5.33. The number of unbranched alkanes of at least 4 members (excludes halogenated alkanes) is 2. The molecule has 130 valence electrons. The molecule has 1 fully saturated rings. The van der Waals surface area contributed by atoms with Crippen molar-refractivity contribution in [3.63, 3.8) is 0 Å². The number of nitrogens with one attached hydrogen (secondary N) is 1. The van der Waals surface area contributed by atoms with Gasteiger partial charge in [-0.3, -0.25) is 4.90 Å². The van der Waals surface area contributed by atoms with Crippen LogP contribution in [0.5, 0.6) is 0 Å². The van der Waals surface area contributed by atoms with Crippen LogP contribution in [-0.4, -0.2) is 31.1 Å². The molecule has 1 aromatic carbocycles. The third-order valence-corrected chi connectivity index (χ3v) is 4.35. The van der Waals surface area contributed by atoms with Crippen molar-refractivity contribution < 1.29 is 17.6 Å². The molecule has 2 nitrogen and oxygen atoms in total. The lowest BCUT2D eigenvalue weighted by atomic mass is 9.93. The van der Waals surface area contributed by atoms with E-state index in [9.17, 15) is 17.6 Å². The molecular formula is C17H24F4N2. The van der Waals surface area contributed by atoms with Crippen LogP contribution in [0.1, 0.15) is 49.8 Å². The van der Waals surface area contributed by atoms with Crippen LogP contribution < -0.4 is 5.32 Å². The number of halogens is 4. The summed E-state index contributed by atoms with van der Waals surface area (Å²) in [6, 6.07) is 2.46. The fourth-order valence-electron chi connectivity index (χ4n) is 3.18. The molecule has 0 aromatic heterocycles. The molecule has 1 atom stereocenters. The van der Waals surface area contributed by atoms with E-state index in [1.807, 2.05) is 0 Å². The molecule has 0 saturated carbocycles. The second-order valence-electron chi connectivity index (χ2n) is 6.03. The van der Waals surface area contributed by atoms with Gasteiger partial charge in [-0.05, 0) is 30.2 Å². The zero-order valence-electron chi connectivity index (χ0n) is 13.4. The van der Waals surface area contributed by atoms with Gasteiger partial charge in [0.2, 0.25) is 0 Å². The average Bonchev–Trinajstić information content (AvgIpc) is 2.51. The first-order valence-electron chi connectivity index (χ1n) is 8.25. The zero-order valence-corrected chi connectivity index (χ0v) is 13.4. The minimum atomic E-state index is -4.46. The van der Waals surface area contributed by atoms with Gasteiger partial charge in [-0.1, -0.05) is 26.2 Å². The highest BCUT2D eigenvalue weighted by Crippen LogP contribution is 2.38. The summed E-state index contributed by atoms with van der Waals surface area (Å²) in [6.45, 7) is 4.93. The summed E-state index contributed by atoms with van der Waals surface area (Å²) in [7, 11) is 0. The summed E-state index contributed by atoms with van der Waals surface area (Å²) >= 11 is 0. The Kier molecular flexibility index (Phi) is 6.41. The van der Waals surface area contributed by atoms with Crippen LogP contribution in [0.25, 0.3) is 0 Å². The molecule has 6 heteroatoms. The van der Waals surface area contributed by atoms with E-state index in [4.69, 9.17) is 0 Å². The van der Waals surface area contributed by atoms with Gasteiger partial charge in [0, 0.05) is 32.2 Å². The lowest BCUT2D eigenvalue weighted by Gasteiger charge is -2.36. The monoisotopic (exact) mass is 332 g/mol. The Balaban J connectivity index is 2.34. The zero-order chi connectivity index (χ0) is 16.9. The molecule has 23 heavy (non-hydrogen) atoms. The topological polar surface area (TPSA) is 15.3 Å². The highest BCUT2D eigenvalue weighted by Gasteiger charge is 2.36. The Morgan fingerprint density at radius 2 is 1.87 bits per heavy atom. The fraction of sp³-hybridized carbons (Fsp3) is 0.647. The third-order valence-electron chi connectivity index (χ3n) is 4.35. The molecular weight excluding hydrogens is 308 g/mol. The van der Waals surface area contributed by atoms with Crippen molar-refractivity contribution in [3.8, 4) is 0 Å². The molecule has 0 radical (unpaired) electrons. The summed E-state index contributed by atoms with van der Waals surface area (Å²) in [4.78, 5) is 2.05. The van der Waals surface area contributed by atoms with Crippen molar-refractivity contribution in [2.75, 3.05) is 26.2 Å². The maximum Gasteiger partial charge on any atom is 0.416 e. The number of piperazine rings is 1. The predicted octanol–water partition coefficient (Wildman–Crippen LogP) is 4.37. The molecule has 1 aliphatic heterocycles. The SMILES string of the molecule is CCCCC[C@@H](c1cc(F)ccc1C(F)(F)F)N1CCNCC1. The van der Waals surface area contributed by atoms with E-state index < -0.39 is 17.6 Å². The van der Waals surface area contributed by atoms with Gasteiger partial charge in [0.15, 0.2) is 0 Å². The van der Waals surface area contributed by atoms with Gasteiger partial charge in [-0.2, -0.15) is 13.2 Å². The Morgan fingerprint density at radius 3 is 2.48 bits per heavy atom. The van der Waals surface area contributed by atoms with E-state index >= 15 is 0 Å². The molecule has 0 spiro atoms. The van der Waals surface area contributed by atoms with E-state index in [2.05, 4.69) is 17.1 Å². The number of nitrogens with zero attached hydrogens (tertiary/aromatic N) is 1. The Labute approximate surface area is 134 Å². The Morgan fingerprint density at radius 1 is 1.17 bits per heavy atom. The lowest BCUT2D eigenvalue weighted by Crippen LogP contribution is -2.45. The van der Waals surface area contributed by atoms with Gasteiger partial charge < -0.3 is 5.32 Å². The van der Waals surface area contributed by atoms with Crippen molar-refractivity contribution in [3.05, 3.63) is 35.1 Å². The summed E-state index contributed by atoms with van der Waals surface area (Å²) < 4.78 is 53.7. The average molecular weight is 332 g/mol. The van der Waals surface area contributed by atoms with Gasteiger partial charge in [0.05, 0.1) is 5.56 Å². The van der Waals surface area contributed by atoms with E-state index in [0.29, 0.717) is 19.5 Å². The van der Waals surface area contributed by atoms with Crippen molar-refractivity contribution in [2.45, 2.75) is 44.8 Å². The first kappa shape index (κ1) is 18.2. The summed E-state index contributed by atoms with van der Waals surface area (Å²) in [5.74, 6) is -0.608. The molecule has 1 aliphatic rings. The van der Waals surface area contributed by atoms with E-state index in [0.717, 1.165) is 50.6 Å². The van der Waals surface area contributed by atoms with Crippen molar-refractivity contribution in [2.24, 2.45) is 0 Å². The lowest BCUT2D eigenvalue weighted by molar-refractivity contribution is -0.138. The number of hydrogen-bond donors (Lipinski definition) is 1. The number of hydrogen-bond acceptors (Lipinski definition) is 2. The van der Waals surface area contributed by atoms with Crippen LogP contribution >= 0.6 is 0 Å². The molecule has 0 aliphatic carbocycles. The van der Waals surface area contributed by atoms with Crippen LogP contribution in [0.2, 0.25) is 0 Å². The van der Waals surface area contributed by atoms with Gasteiger partial charge in [-0.25, -0.2) is 4.39 Å². The van der Waals surface area contributed by atoms with Crippen LogP contribution in [0.4, 0.5) is 17.6 Å². The van der Waals surface area contributed by atoms with Crippen LogP contribution in [0, 0.1) is 5.82 Å². The molecule has 0 bridgehead atoms. The molecule has 0 unspecified atom stereocenters. The first-order valence-corrected chi connectivity index (χ1v) is 8.25. The second kappa shape index (κ2) is 8.11. The number of alkyl halides is 3. The minimum absolute atomic E-state index is 0.0792. The number of rotatable bonds is 6. The van der Waals surface area contributed by atoms with Crippen molar-refractivity contribution in [1.29, 1.82) is 0 Å². The summed E-state index contributed by atoms with van der Waals surface area (Å²) in [5.41, 5.74) is -0.630.